The molecule has 0 fully saturated rings. The van der Waals surface area contributed by atoms with Gasteiger partial charge in [0.2, 0.25) is 0 Å². The van der Waals surface area contributed by atoms with E-state index in [0.29, 0.717) is 5.82 Å². The first-order valence-electron chi connectivity index (χ1n) is 6.56. The first-order valence-corrected chi connectivity index (χ1v) is 6.56. The van der Waals surface area contributed by atoms with E-state index in [9.17, 15) is 0 Å². The van der Waals surface area contributed by atoms with Crippen molar-refractivity contribution in [1.82, 2.24) is 5.16 Å². The van der Waals surface area contributed by atoms with Crippen molar-refractivity contribution in [3.05, 3.63) is 29.5 Å². The molecule has 2 rings (SSSR count). The molecule has 0 saturated heterocycles. The zero-order valence-corrected chi connectivity index (χ0v) is 11.7. The number of nitrogens with zero attached hydrogens (tertiary/aromatic N) is 1. The van der Waals surface area contributed by atoms with Gasteiger partial charge in [0.25, 0.3) is 0 Å². The van der Waals surface area contributed by atoms with Crippen LogP contribution in [0.2, 0.25) is 0 Å². The van der Waals surface area contributed by atoms with Crippen LogP contribution in [-0.2, 0) is 6.42 Å². The zero-order chi connectivity index (χ0) is 13.8. The molecule has 2 N–H and O–H groups in total. The minimum absolute atomic E-state index is 0.442. The number of anilines is 1. The molecular formula is C15H20N2O2. The summed E-state index contributed by atoms with van der Waals surface area (Å²) in [4.78, 5) is 0. The summed E-state index contributed by atoms with van der Waals surface area (Å²) in [5, 5.41) is 3.89. The predicted molar refractivity (Wildman–Crippen MR) is 76.3 cm³/mol. The molecule has 0 aliphatic carbocycles. The van der Waals surface area contributed by atoms with Crippen LogP contribution in [0.5, 0.6) is 5.75 Å². The van der Waals surface area contributed by atoms with Crippen molar-refractivity contribution in [2.75, 3.05) is 12.8 Å². The minimum atomic E-state index is 0.442. The molecule has 0 atom stereocenters. The molecule has 0 spiro atoms. The molecule has 0 aliphatic heterocycles. The van der Waals surface area contributed by atoms with Crippen molar-refractivity contribution >= 4 is 5.82 Å². The molecule has 0 radical (unpaired) electrons. The Morgan fingerprint density at radius 2 is 2.16 bits per heavy atom. The number of nitrogen functional groups attached to an aromatic ring is 1. The molecule has 1 aromatic carbocycles. The number of methoxy groups -OCH3 is 1. The highest BCUT2D eigenvalue weighted by Gasteiger charge is 2.16. The highest BCUT2D eigenvalue weighted by molar-refractivity contribution is 5.76. The first kappa shape index (κ1) is 13.5. The van der Waals surface area contributed by atoms with Gasteiger partial charge in [0.15, 0.2) is 5.82 Å². The van der Waals surface area contributed by atoms with Crippen molar-refractivity contribution in [3.63, 3.8) is 0 Å². The number of aryl methyl sites for hydroxylation is 2. The van der Waals surface area contributed by atoms with Gasteiger partial charge in [-0.05, 0) is 30.5 Å². The summed E-state index contributed by atoms with van der Waals surface area (Å²) in [6.45, 7) is 4.16. The predicted octanol–water partition coefficient (Wildman–Crippen LogP) is 3.58. The fourth-order valence-corrected chi connectivity index (χ4v) is 2.13. The van der Waals surface area contributed by atoms with E-state index in [2.05, 4.69) is 12.1 Å². The van der Waals surface area contributed by atoms with Crippen molar-refractivity contribution < 1.29 is 9.26 Å². The number of ether oxygens (including phenoxy) is 1. The molecule has 4 heteroatoms. The van der Waals surface area contributed by atoms with Crippen LogP contribution in [0.4, 0.5) is 5.82 Å². The molecule has 0 bridgehead atoms. The van der Waals surface area contributed by atoms with Gasteiger partial charge in [-0.15, -0.1) is 0 Å². The largest absolute Gasteiger partial charge is 0.496 e. The average molecular weight is 260 g/mol. The monoisotopic (exact) mass is 260 g/mol. The summed E-state index contributed by atoms with van der Waals surface area (Å²) in [5.74, 6) is 2.14. The van der Waals surface area contributed by atoms with Gasteiger partial charge in [-0.3, -0.25) is 0 Å². The Kier molecular flexibility index (Phi) is 4.10. The standard InChI is InChI=1S/C15H20N2O2/c1-4-5-6-12-14(15(16)17-19-12)11-8-7-10(2)13(9-11)18-3/h7-9H,4-6H2,1-3H3,(H2,16,17). The maximum absolute atomic E-state index is 5.93. The molecular weight excluding hydrogens is 240 g/mol. The van der Waals surface area contributed by atoms with Crippen LogP contribution < -0.4 is 10.5 Å². The van der Waals surface area contributed by atoms with Gasteiger partial charge in [0, 0.05) is 6.42 Å². The summed E-state index contributed by atoms with van der Waals surface area (Å²) in [5.41, 5.74) is 8.91. The Morgan fingerprint density at radius 1 is 1.37 bits per heavy atom. The first-order chi connectivity index (χ1) is 9.17. The highest BCUT2D eigenvalue weighted by atomic mass is 16.5. The van der Waals surface area contributed by atoms with Crippen molar-refractivity contribution in [3.8, 4) is 16.9 Å². The Balaban J connectivity index is 2.43. The van der Waals surface area contributed by atoms with E-state index in [-0.39, 0.29) is 0 Å². The zero-order valence-electron chi connectivity index (χ0n) is 11.7. The third-order valence-corrected chi connectivity index (χ3v) is 3.24. The Labute approximate surface area is 113 Å². The normalized spacial score (nSPS) is 10.7. The maximum atomic E-state index is 5.93. The molecule has 0 amide bonds. The lowest BCUT2D eigenvalue weighted by Gasteiger charge is -2.08. The minimum Gasteiger partial charge on any atom is -0.496 e. The van der Waals surface area contributed by atoms with Crippen molar-refractivity contribution in [1.29, 1.82) is 0 Å². The smallest absolute Gasteiger partial charge is 0.175 e. The van der Waals surface area contributed by atoms with E-state index in [1.54, 1.807) is 7.11 Å². The lowest BCUT2D eigenvalue weighted by atomic mass is 10.0. The lowest BCUT2D eigenvalue weighted by Crippen LogP contribution is -1.93. The van der Waals surface area contributed by atoms with Crippen LogP contribution in [0.1, 0.15) is 31.1 Å². The molecule has 1 heterocycles. The van der Waals surface area contributed by atoms with E-state index in [4.69, 9.17) is 15.0 Å². The summed E-state index contributed by atoms with van der Waals surface area (Å²) >= 11 is 0. The molecule has 4 nitrogen and oxygen atoms in total. The SMILES string of the molecule is CCCCc1onc(N)c1-c1ccc(C)c(OC)c1. The third kappa shape index (κ3) is 2.72. The number of aromatic nitrogens is 1. The lowest BCUT2D eigenvalue weighted by molar-refractivity contribution is 0.383. The Hall–Kier alpha value is -1.97. The van der Waals surface area contributed by atoms with Gasteiger partial charge < -0.3 is 15.0 Å². The van der Waals surface area contributed by atoms with Crippen LogP contribution in [0.3, 0.4) is 0 Å². The van der Waals surface area contributed by atoms with E-state index in [1.165, 1.54) is 0 Å². The number of hydrogen-bond acceptors (Lipinski definition) is 4. The van der Waals surface area contributed by atoms with E-state index in [1.807, 2.05) is 25.1 Å². The van der Waals surface area contributed by atoms with Gasteiger partial charge in [-0.25, -0.2) is 0 Å². The topological polar surface area (TPSA) is 61.3 Å². The number of unbranched alkanes of at least 4 members (excludes halogenated alkanes) is 1. The van der Waals surface area contributed by atoms with Gasteiger partial charge in [0.05, 0.1) is 12.7 Å². The summed E-state index contributed by atoms with van der Waals surface area (Å²) < 4.78 is 10.7. The highest BCUT2D eigenvalue weighted by Crippen LogP contribution is 2.33. The van der Waals surface area contributed by atoms with Gasteiger partial charge in [-0.1, -0.05) is 30.6 Å². The summed E-state index contributed by atoms with van der Waals surface area (Å²) in [6, 6.07) is 6.02. The van der Waals surface area contributed by atoms with Crippen molar-refractivity contribution in [2.24, 2.45) is 0 Å². The van der Waals surface area contributed by atoms with Crippen LogP contribution >= 0.6 is 0 Å². The van der Waals surface area contributed by atoms with Gasteiger partial charge in [-0.2, -0.15) is 0 Å². The number of nitrogens with two attached hydrogens (primary N) is 1. The number of hydrogen-bond donors (Lipinski definition) is 1. The van der Waals surface area contributed by atoms with Gasteiger partial charge >= 0.3 is 0 Å². The van der Waals surface area contributed by atoms with Crippen LogP contribution in [0, 0.1) is 6.92 Å². The molecule has 19 heavy (non-hydrogen) atoms. The van der Waals surface area contributed by atoms with E-state index >= 15 is 0 Å². The van der Waals surface area contributed by atoms with E-state index in [0.717, 1.165) is 47.5 Å². The molecule has 0 saturated carbocycles. The Bertz CT molecular complexity index is 561. The molecule has 0 aliphatic rings. The van der Waals surface area contributed by atoms with Crippen LogP contribution in [0.15, 0.2) is 22.7 Å². The number of benzene rings is 1. The van der Waals surface area contributed by atoms with Crippen LogP contribution in [0.25, 0.3) is 11.1 Å². The second kappa shape index (κ2) is 5.78. The van der Waals surface area contributed by atoms with E-state index < -0.39 is 0 Å². The second-order valence-corrected chi connectivity index (χ2v) is 4.65. The fourth-order valence-electron chi connectivity index (χ4n) is 2.13. The van der Waals surface area contributed by atoms with Crippen molar-refractivity contribution in [2.45, 2.75) is 33.1 Å². The second-order valence-electron chi connectivity index (χ2n) is 4.65. The molecule has 102 valence electrons. The van der Waals surface area contributed by atoms with Crippen LogP contribution in [-0.4, -0.2) is 12.3 Å². The quantitative estimate of drug-likeness (QED) is 0.892. The fraction of sp³-hybridized carbons (Fsp3) is 0.400. The molecule has 0 unspecified atom stereocenters. The third-order valence-electron chi connectivity index (χ3n) is 3.24. The maximum Gasteiger partial charge on any atom is 0.175 e. The summed E-state index contributed by atoms with van der Waals surface area (Å²) in [7, 11) is 1.67. The van der Waals surface area contributed by atoms with Gasteiger partial charge in [0.1, 0.15) is 11.5 Å². The summed E-state index contributed by atoms with van der Waals surface area (Å²) in [6.07, 6.45) is 3.02. The Morgan fingerprint density at radius 3 is 2.84 bits per heavy atom. The average Bonchev–Trinajstić information content (AvgIpc) is 2.78. The molecule has 2 aromatic rings. The molecule has 1 aromatic heterocycles. The number of rotatable bonds is 5.